The Balaban J connectivity index is 1.89. The van der Waals surface area contributed by atoms with E-state index in [1.54, 1.807) is 0 Å². The first-order chi connectivity index (χ1) is 9.15. The monoisotopic (exact) mass is 280 g/mol. The van der Waals surface area contributed by atoms with Crippen molar-refractivity contribution in [3.8, 4) is 0 Å². The second-order valence-corrected chi connectivity index (χ2v) is 5.18. The van der Waals surface area contributed by atoms with Crippen LogP contribution in [0.1, 0.15) is 17.5 Å². The van der Waals surface area contributed by atoms with Crippen molar-refractivity contribution in [2.75, 3.05) is 0 Å². The molecule has 19 heavy (non-hydrogen) atoms. The zero-order valence-corrected chi connectivity index (χ0v) is 11.2. The molecule has 0 spiro atoms. The molecule has 0 radical (unpaired) electrons. The Bertz CT molecular complexity index is 526. The van der Waals surface area contributed by atoms with E-state index < -0.39 is 11.6 Å². The van der Waals surface area contributed by atoms with E-state index in [9.17, 15) is 8.78 Å². The first-order valence-electron chi connectivity index (χ1n) is 6.27. The fourth-order valence-corrected chi connectivity index (χ4v) is 2.27. The van der Waals surface area contributed by atoms with E-state index in [1.807, 2.05) is 30.3 Å². The van der Waals surface area contributed by atoms with Crippen molar-refractivity contribution in [2.24, 2.45) is 0 Å². The van der Waals surface area contributed by atoms with Gasteiger partial charge in [-0.15, -0.1) is 11.6 Å². The Labute approximate surface area is 117 Å². The molecule has 0 N–H and O–H groups in total. The van der Waals surface area contributed by atoms with E-state index in [0.29, 0.717) is 12.0 Å². The van der Waals surface area contributed by atoms with Crippen LogP contribution in [0.25, 0.3) is 0 Å². The third-order valence-electron chi connectivity index (χ3n) is 3.05. The molecule has 1 atom stereocenters. The Morgan fingerprint density at radius 2 is 1.74 bits per heavy atom. The molecule has 0 nitrogen and oxygen atoms in total. The van der Waals surface area contributed by atoms with Crippen LogP contribution in [0.3, 0.4) is 0 Å². The number of alkyl halides is 1. The number of benzene rings is 2. The topological polar surface area (TPSA) is 0 Å². The van der Waals surface area contributed by atoms with Gasteiger partial charge < -0.3 is 0 Å². The van der Waals surface area contributed by atoms with Crippen molar-refractivity contribution in [2.45, 2.75) is 24.6 Å². The molecule has 2 aromatic rings. The van der Waals surface area contributed by atoms with Gasteiger partial charge in [0.1, 0.15) is 11.6 Å². The van der Waals surface area contributed by atoms with Crippen molar-refractivity contribution < 1.29 is 8.78 Å². The molecule has 0 saturated heterocycles. The molecule has 0 aliphatic heterocycles. The maximum atomic E-state index is 13.5. The van der Waals surface area contributed by atoms with E-state index in [4.69, 9.17) is 11.6 Å². The van der Waals surface area contributed by atoms with Gasteiger partial charge >= 0.3 is 0 Å². The summed E-state index contributed by atoms with van der Waals surface area (Å²) in [5, 5.41) is -0.153. The van der Waals surface area contributed by atoms with Crippen molar-refractivity contribution in [3.05, 3.63) is 71.3 Å². The molecule has 100 valence electrons. The van der Waals surface area contributed by atoms with Gasteiger partial charge in [-0.3, -0.25) is 0 Å². The summed E-state index contributed by atoms with van der Waals surface area (Å²) in [4.78, 5) is 0. The highest BCUT2D eigenvalue weighted by Gasteiger charge is 2.10. The predicted molar refractivity (Wildman–Crippen MR) is 74.5 cm³/mol. The normalized spacial score (nSPS) is 12.4. The number of halogens is 3. The maximum Gasteiger partial charge on any atom is 0.129 e. The Hall–Kier alpha value is -1.41. The number of hydrogen-bond donors (Lipinski definition) is 0. The third kappa shape index (κ3) is 4.32. The Morgan fingerprint density at radius 1 is 1.00 bits per heavy atom. The fraction of sp³-hybridized carbons (Fsp3) is 0.250. The molecule has 0 saturated carbocycles. The molecule has 2 rings (SSSR count). The van der Waals surface area contributed by atoms with Gasteiger partial charge in [0.25, 0.3) is 0 Å². The summed E-state index contributed by atoms with van der Waals surface area (Å²) >= 11 is 6.22. The molecule has 0 aliphatic carbocycles. The highest BCUT2D eigenvalue weighted by Crippen LogP contribution is 2.17. The highest BCUT2D eigenvalue weighted by atomic mass is 35.5. The van der Waals surface area contributed by atoms with E-state index in [2.05, 4.69) is 0 Å². The summed E-state index contributed by atoms with van der Waals surface area (Å²) < 4.78 is 26.3. The Kier molecular flexibility index (Phi) is 4.92. The standard InChI is InChI=1S/C16H15ClF2/c17-14(8-6-12-4-2-1-3-5-12)10-13-7-9-15(18)11-16(13)19/h1-5,7,9,11,14H,6,8,10H2. The van der Waals surface area contributed by atoms with Crippen molar-refractivity contribution in [1.82, 2.24) is 0 Å². The molecule has 3 heteroatoms. The molecule has 1 unspecified atom stereocenters. The van der Waals surface area contributed by atoms with Crippen LogP contribution >= 0.6 is 11.6 Å². The molecular weight excluding hydrogens is 266 g/mol. The third-order valence-corrected chi connectivity index (χ3v) is 3.42. The average molecular weight is 281 g/mol. The first kappa shape index (κ1) is 14.0. The van der Waals surface area contributed by atoms with Gasteiger partial charge in [-0.1, -0.05) is 36.4 Å². The van der Waals surface area contributed by atoms with E-state index in [0.717, 1.165) is 18.9 Å². The summed E-state index contributed by atoms with van der Waals surface area (Å²) in [6.07, 6.45) is 2.04. The zero-order valence-electron chi connectivity index (χ0n) is 10.5. The molecule has 0 amide bonds. The quantitative estimate of drug-likeness (QED) is 0.694. The van der Waals surface area contributed by atoms with Gasteiger partial charge in [-0.25, -0.2) is 8.78 Å². The lowest BCUT2D eigenvalue weighted by Gasteiger charge is -2.10. The lowest BCUT2D eigenvalue weighted by atomic mass is 10.0. The van der Waals surface area contributed by atoms with Crippen LogP contribution in [0.5, 0.6) is 0 Å². The van der Waals surface area contributed by atoms with Crippen molar-refractivity contribution in [3.63, 3.8) is 0 Å². The molecular formula is C16H15ClF2. The van der Waals surface area contributed by atoms with Gasteiger partial charge in [-0.05, 0) is 36.5 Å². The molecule has 0 fully saturated rings. The lowest BCUT2D eigenvalue weighted by molar-refractivity contribution is 0.568. The minimum Gasteiger partial charge on any atom is -0.207 e. The number of rotatable bonds is 5. The van der Waals surface area contributed by atoms with Crippen LogP contribution in [-0.2, 0) is 12.8 Å². The largest absolute Gasteiger partial charge is 0.207 e. The van der Waals surface area contributed by atoms with E-state index in [1.165, 1.54) is 17.7 Å². The zero-order chi connectivity index (χ0) is 13.7. The van der Waals surface area contributed by atoms with Crippen LogP contribution in [0.4, 0.5) is 8.78 Å². The number of aryl methyl sites for hydroxylation is 1. The van der Waals surface area contributed by atoms with Crippen LogP contribution in [-0.4, -0.2) is 5.38 Å². The highest BCUT2D eigenvalue weighted by molar-refractivity contribution is 6.20. The van der Waals surface area contributed by atoms with Crippen molar-refractivity contribution >= 4 is 11.6 Å². The van der Waals surface area contributed by atoms with Crippen molar-refractivity contribution in [1.29, 1.82) is 0 Å². The second-order valence-electron chi connectivity index (χ2n) is 4.56. The SMILES string of the molecule is Fc1ccc(CC(Cl)CCc2ccccc2)c(F)c1. The van der Waals surface area contributed by atoms with Crippen LogP contribution in [0.15, 0.2) is 48.5 Å². The summed E-state index contributed by atoms with van der Waals surface area (Å²) in [5.41, 5.74) is 1.68. The summed E-state index contributed by atoms with van der Waals surface area (Å²) in [5.74, 6) is -1.08. The Morgan fingerprint density at radius 3 is 2.42 bits per heavy atom. The summed E-state index contributed by atoms with van der Waals surface area (Å²) in [6, 6.07) is 13.6. The average Bonchev–Trinajstić information content (AvgIpc) is 2.41. The fourth-order valence-electron chi connectivity index (χ4n) is 2.00. The molecule has 0 bridgehead atoms. The molecule has 0 aromatic heterocycles. The van der Waals surface area contributed by atoms with E-state index >= 15 is 0 Å². The predicted octanol–water partition coefficient (Wildman–Crippen LogP) is 4.75. The summed E-state index contributed by atoms with van der Waals surface area (Å²) in [6.45, 7) is 0. The smallest absolute Gasteiger partial charge is 0.129 e. The molecule has 0 heterocycles. The van der Waals surface area contributed by atoms with Crippen LogP contribution in [0, 0.1) is 11.6 Å². The van der Waals surface area contributed by atoms with Gasteiger partial charge in [0, 0.05) is 11.4 Å². The number of hydrogen-bond acceptors (Lipinski definition) is 0. The maximum absolute atomic E-state index is 13.5. The second kappa shape index (κ2) is 6.67. The minimum atomic E-state index is -0.559. The molecule has 2 aromatic carbocycles. The van der Waals surface area contributed by atoms with E-state index in [-0.39, 0.29) is 5.38 Å². The van der Waals surface area contributed by atoms with Crippen LogP contribution < -0.4 is 0 Å². The van der Waals surface area contributed by atoms with Gasteiger partial charge in [0.15, 0.2) is 0 Å². The van der Waals surface area contributed by atoms with Crippen LogP contribution in [0.2, 0.25) is 0 Å². The van der Waals surface area contributed by atoms with Gasteiger partial charge in [-0.2, -0.15) is 0 Å². The van der Waals surface area contributed by atoms with Gasteiger partial charge in [0.2, 0.25) is 0 Å². The first-order valence-corrected chi connectivity index (χ1v) is 6.70. The van der Waals surface area contributed by atoms with Gasteiger partial charge in [0.05, 0.1) is 0 Å². The summed E-state index contributed by atoms with van der Waals surface area (Å²) in [7, 11) is 0. The lowest BCUT2D eigenvalue weighted by Crippen LogP contribution is -2.07. The molecule has 0 aliphatic rings. The minimum absolute atomic E-state index is 0.153.